The van der Waals surface area contributed by atoms with Gasteiger partial charge in [0.15, 0.2) is 0 Å². The van der Waals surface area contributed by atoms with E-state index >= 15 is 0 Å². The number of aryl methyl sites for hydroxylation is 2. The second-order valence-electron chi connectivity index (χ2n) is 9.71. The summed E-state index contributed by atoms with van der Waals surface area (Å²) in [5, 5.41) is 0. The highest BCUT2D eigenvalue weighted by Crippen LogP contribution is 2.39. The number of anilines is 1. The minimum absolute atomic E-state index is 0.00368. The molecule has 2 aliphatic rings. The van der Waals surface area contributed by atoms with Gasteiger partial charge in [0, 0.05) is 24.8 Å². The molecule has 0 aromatic heterocycles. The third kappa shape index (κ3) is 4.76. The first kappa shape index (κ1) is 25.1. The Hall–Kier alpha value is -3.58. The number of amides is 2. The maximum absolute atomic E-state index is 13.6. The molecule has 2 aliphatic heterocycles. The first-order valence-corrected chi connectivity index (χ1v) is 13.7. The molecule has 190 valence electrons. The van der Waals surface area contributed by atoms with Gasteiger partial charge in [0.1, 0.15) is 19.4 Å². The van der Waals surface area contributed by atoms with E-state index in [2.05, 4.69) is 24.4 Å². The van der Waals surface area contributed by atoms with Crippen LogP contribution in [0.15, 0.2) is 54.6 Å². The molecule has 37 heavy (non-hydrogen) atoms. The maximum atomic E-state index is 13.6. The molecule has 5 rings (SSSR count). The lowest BCUT2D eigenvalue weighted by Crippen LogP contribution is -2.29. The highest BCUT2D eigenvalue weighted by Gasteiger charge is 2.35. The summed E-state index contributed by atoms with van der Waals surface area (Å²) in [4.78, 5) is 29.6. The van der Waals surface area contributed by atoms with Gasteiger partial charge in [0.25, 0.3) is 0 Å². The van der Waals surface area contributed by atoms with E-state index in [1.807, 2.05) is 73.0 Å². The Balaban J connectivity index is 1.42. The molecule has 2 heterocycles. The molecule has 0 saturated carbocycles. The van der Waals surface area contributed by atoms with Crippen LogP contribution >= 0.6 is 11.8 Å². The van der Waals surface area contributed by atoms with E-state index < -0.39 is 0 Å². The second kappa shape index (κ2) is 10.1. The zero-order chi connectivity index (χ0) is 26.3. The van der Waals surface area contributed by atoms with Crippen molar-refractivity contribution in [2.75, 3.05) is 31.0 Å². The van der Waals surface area contributed by atoms with Gasteiger partial charge in [-0.3, -0.25) is 9.59 Å². The number of nitrogens with zero attached hydrogens (tertiary/aromatic N) is 3. The normalized spacial score (nSPS) is 15.9. The molecule has 0 N–H and O–H groups in total. The Labute approximate surface area is 222 Å². The highest BCUT2D eigenvalue weighted by atomic mass is 32.2. The van der Waals surface area contributed by atoms with Gasteiger partial charge in [-0.25, -0.2) is 0 Å². The second-order valence-corrected chi connectivity index (χ2v) is 10.6. The summed E-state index contributed by atoms with van der Waals surface area (Å²) >= 11 is 1.51. The molecule has 0 fully saturated rings. The van der Waals surface area contributed by atoms with Crippen molar-refractivity contribution in [3.8, 4) is 5.75 Å². The third-order valence-corrected chi connectivity index (χ3v) is 7.54. The number of ether oxygens (including phenoxy) is 1. The minimum atomic E-state index is -0.206. The maximum Gasteiger partial charge on any atom is 0.242 e. The summed E-state index contributed by atoms with van der Waals surface area (Å²) in [6.07, 6.45) is 5.42. The average Bonchev–Trinajstić information content (AvgIpc) is 3.20. The van der Waals surface area contributed by atoms with Crippen LogP contribution in [-0.4, -0.2) is 53.6 Å². The standard InChI is InChI=1S/C30H31N3O3S/c1-19-10-21(13-23(11-19)32(4)29(34)18-37-5)17-36-28-14-26-25(12-20(28)2)30(35)33-15-22-8-6-7-9-24(22)27(33)16-31(26)3/h6-14,27H,15,17-18H2,1-5H3/t27-/m1/s1. The van der Waals surface area contributed by atoms with Gasteiger partial charge >= 0.3 is 0 Å². The Morgan fingerprint density at radius 1 is 1.19 bits per heavy atom. The van der Waals surface area contributed by atoms with Crippen LogP contribution in [0.3, 0.4) is 0 Å². The van der Waals surface area contributed by atoms with Crippen molar-refractivity contribution in [3.63, 3.8) is 0 Å². The average molecular weight is 514 g/mol. The van der Waals surface area contributed by atoms with Gasteiger partial charge in [0.2, 0.25) is 11.8 Å². The van der Waals surface area contributed by atoms with Crippen LogP contribution < -0.4 is 9.64 Å². The van der Waals surface area contributed by atoms with E-state index in [0.717, 1.165) is 39.4 Å². The van der Waals surface area contributed by atoms with Crippen LogP contribution in [0.1, 0.15) is 44.2 Å². The van der Waals surface area contributed by atoms with Crippen LogP contribution in [0, 0.1) is 13.8 Å². The zero-order valence-corrected chi connectivity index (χ0v) is 22.7. The van der Waals surface area contributed by atoms with Gasteiger partial charge in [-0.1, -0.05) is 36.4 Å². The van der Waals surface area contributed by atoms with Crippen molar-refractivity contribution in [3.05, 3.63) is 88.0 Å². The first-order chi connectivity index (χ1) is 17.8. The summed E-state index contributed by atoms with van der Waals surface area (Å²) in [6.45, 7) is 4.92. The SMILES string of the molecule is CSCC(=O)N(C)c1cc(C)cc(COc2cc3c(cc2C)C(=O)N2Cc4ccccc4[C@H]2[C-]=[N+]3C)c1. The van der Waals surface area contributed by atoms with Gasteiger partial charge in [0.05, 0.1) is 23.7 Å². The van der Waals surface area contributed by atoms with Crippen molar-refractivity contribution in [1.29, 1.82) is 0 Å². The number of fused-ring (bicyclic) bond motifs is 4. The fourth-order valence-corrected chi connectivity index (χ4v) is 5.49. The summed E-state index contributed by atoms with van der Waals surface area (Å²) < 4.78 is 8.19. The molecule has 0 aliphatic carbocycles. The fraction of sp³-hybridized carbons (Fsp3) is 0.300. The van der Waals surface area contributed by atoms with E-state index in [-0.39, 0.29) is 17.9 Å². The van der Waals surface area contributed by atoms with E-state index in [1.165, 1.54) is 17.3 Å². The third-order valence-electron chi connectivity index (χ3n) is 7.01. The summed E-state index contributed by atoms with van der Waals surface area (Å²) in [5.74, 6) is 1.23. The molecule has 0 saturated heterocycles. The molecule has 3 aromatic rings. The highest BCUT2D eigenvalue weighted by molar-refractivity contribution is 7.99. The quantitative estimate of drug-likeness (QED) is 0.338. The van der Waals surface area contributed by atoms with Crippen molar-refractivity contribution < 1.29 is 18.9 Å². The van der Waals surface area contributed by atoms with Crippen molar-refractivity contribution in [2.24, 2.45) is 0 Å². The Bertz CT molecular complexity index is 1430. The number of hydrogen-bond acceptors (Lipinski definition) is 4. The molecule has 0 unspecified atom stereocenters. The molecule has 0 radical (unpaired) electrons. The van der Waals surface area contributed by atoms with Gasteiger partial charge in [-0.05, 0) is 66.1 Å². The van der Waals surface area contributed by atoms with Crippen molar-refractivity contribution in [1.82, 2.24) is 4.90 Å². The zero-order valence-electron chi connectivity index (χ0n) is 21.9. The molecule has 2 amide bonds. The smallest absolute Gasteiger partial charge is 0.242 e. The van der Waals surface area contributed by atoms with Gasteiger partial charge in [-0.2, -0.15) is 11.8 Å². The summed E-state index contributed by atoms with van der Waals surface area (Å²) in [7, 11) is 3.74. The summed E-state index contributed by atoms with van der Waals surface area (Å²) in [5.41, 5.74) is 7.52. The monoisotopic (exact) mass is 513 g/mol. The molecule has 0 spiro atoms. The van der Waals surface area contributed by atoms with Gasteiger partial charge in [-0.15, -0.1) is 0 Å². The lowest BCUT2D eigenvalue weighted by atomic mass is 10.1. The topological polar surface area (TPSA) is 52.9 Å². The molecular weight excluding hydrogens is 482 g/mol. The molecule has 7 heteroatoms. The predicted molar refractivity (Wildman–Crippen MR) is 148 cm³/mol. The number of rotatable bonds is 6. The van der Waals surface area contributed by atoms with Crippen LogP contribution in [0.5, 0.6) is 5.75 Å². The molecule has 0 bridgehead atoms. The molecule has 6 nitrogen and oxygen atoms in total. The summed E-state index contributed by atoms with van der Waals surface area (Å²) in [6, 6.07) is 17.9. The number of benzene rings is 3. The van der Waals surface area contributed by atoms with Crippen LogP contribution in [0.4, 0.5) is 11.4 Å². The van der Waals surface area contributed by atoms with Crippen LogP contribution in [0.25, 0.3) is 0 Å². The first-order valence-electron chi connectivity index (χ1n) is 12.3. The van der Waals surface area contributed by atoms with Crippen LogP contribution in [0.2, 0.25) is 0 Å². The van der Waals surface area contributed by atoms with Crippen molar-refractivity contribution >= 4 is 41.2 Å². The van der Waals surface area contributed by atoms with E-state index in [4.69, 9.17) is 4.74 Å². The number of thioether (sulfide) groups is 1. The molecule has 1 atom stereocenters. The number of carbonyl (C=O) groups is 2. The number of hydrogen-bond donors (Lipinski definition) is 0. The fourth-order valence-electron chi connectivity index (χ4n) is 5.05. The largest absolute Gasteiger partial charge is 0.490 e. The van der Waals surface area contributed by atoms with Crippen LogP contribution in [-0.2, 0) is 17.9 Å². The minimum Gasteiger partial charge on any atom is -0.490 e. The molecule has 3 aromatic carbocycles. The lowest BCUT2D eigenvalue weighted by Gasteiger charge is -2.22. The Morgan fingerprint density at radius 3 is 2.76 bits per heavy atom. The van der Waals surface area contributed by atoms with E-state index in [0.29, 0.717) is 24.5 Å². The van der Waals surface area contributed by atoms with Crippen molar-refractivity contribution in [2.45, 2.75) is 33.0 Å². The Morgan fingerprint density at radius 2 is 1.97 bits per heavy atom. The molecular formula is C30H31N3O3S. The number of carbonyl (C=O) groups excluding carboxylic acids is 2. The lowest BCUT2D eigenvalue weighted by molar-refractivity contribution is -0.401. The Kier molecular flexibility index (Phi) is 6.82. The van der Waals surface area contributed by atoms with Gasteiger partial charge < -0.3 is 19.1 Å². The van der Waals surface area contributed by atoms with E-state index in [9.17, 15) is 9.59 Å². The van der Waals surface area contributed by atoms with E-state index in [1.54, 1.807) is 11.9 Å². The predicted octanol–water partition coefficient (Wildman–Crippen LogP) is 5.14.